The van der Waals surface area contributed by atoms with E-state index in [9.17, 15) is 4.79 Å². The van der Waals surface area contributed by atoms with Crippen LogP contribution in [0.4, 0.5) is 0 Å². The Kier molecular flexibility index (Phi) is 3.16. The predicted molar refractivity (Wildman–Crippen MR) is 116 cm³/mol. The SMILES string of the molecule is O=C1c2ccccc2-c2ccccc2C12c1ccccc1-c1ccc(Br)cc12. The molecule has 0 fully saturated rings. The van der Waals surface area contributed by atoms with E-state index >= 15 is 0 Å². The number of halogens is 1. The van der Waals surface area contributed by atoms with Crippen molar-refractivity contribution >= 4 is 21.7 Å². The summed E-state index contributed by atoms with van der Waals surface area (Å²) in [6.07, 6.45) is 0. The van der Waals surface area contributed by atoms with Gasteiger partial charge < -0.3 is 0 Å². The summed E-state index contributed by atoms with van der Waals surface area (Å²) in [5.74, 6) is 0.158. The maximum absolute atomic E-state index is 14.2. The number of hydrogen-bond acceptors (Lipinski definition) is 1. The zero-order valence-electron chi connectivity index (χ0n) is 14.9. The zero-order chi connectivity index (χ0) is 18.9. The molecular formula is C26H15BrO. The van der Waals surface area contributed by atoms with E-state index in [1.807, 2.05) is 30.3 Å². The largest absolute Gasteiger partial charge is 0.292 e. The molecular weight excluding hydrogens is 408 g/mol. The number of benzene rings is 4. The van der Waals surface area contributed by atoms with E-state index in [-0.39, 0.29) is 5.78 Å². The lowest BCUT2D eigenvalue weighted by atomic mass is 9.62. The Morgan fingerprint density at radius 3 is 1.71 bits per heavy atom. The molecule has 2 aliphatic carbocycles. The maximum atomic E-state index is 14.2. The fourth-order valence-electron chi connectivity index (χ4n) is 5.07. The molecule has 1 atom stereocenters. The van der Waals surface area contributed by atoms with Crippen molar-refractivity contribution < 1.29 is 4.79 Å². The van der Waals surface area contributed by atoms with Crippen molar-refractivity contribution in [3.63, 3.8) is 0 Å². The van der Waals surface area contributed by atoms with E-state index < -0.39 is 5.41 Å². The van der Waals surface area contributed by atoms with E-state index in [4.69, 9.17) is 0 Å². The molecule has 0 bridgehead atoms. The Morgan fingerprint density at radius 1 is 0.536 bits per heavy atom. The van der Waals surface area contributed by atoms with E-state index in [1.165, 1.54) is 0 Å². The van der Waals surface area contributed by atoms with Gasteiger partial charge in [0.05, 0.1) is 0 Å². The number of carbonyl (C=O) groups excluding carboxylic acids is 1. The molecule has 0 N–H and O–H groups in total. The Labute approximate surface area is 171 Å². The van der Waals surface area contributed by atoms with Crippen LogP contribution in [0.15, 0.2) is 95.5 Å². The van der Waals surface area contributed by atoms with E-state index in [1.54, 1.807) is 0 Å². The molecule has 0 saturated heterocycles. The monoisotopic (exact) mass is 422 g/mol. The molecule has 0 aliphatic heterocycles. The summed E-state index contributed by atoms with van der Waals surface area (Å²) in [7, 11) is 0. The molecule has 1 nitrogen and oxygen atoms in total. The first-order valence-electron chi connectivity index (χ1n) is 9.36. The van der Waals surface area contributed by atoms with Gasteiger partial charge in [0.25, 0.3) is 0 Å². The lowest BCUT2D eigenvalue weighted by Gasteiger charge is -2.37. The topological polar surface area (TPSA) is 17.1 Å². The van der Waals surface area contributed by atoms with Crippen LogP contribution in [0.1, 0.15) is 27.0 Å². The van der Waals surface area contributed by atoms with Gasteiger partial charge in [-0.25, -0.2) is 0 Å². The average molecular weight is 423 g/mol. The van der Waals surface area contributed by atoms with Gasteiger partial charge in [-0.1, -0.05) is 94.8 Å². The Balaban J connectivity index is 1.85. The summed E-state index contributed by atoms with van der Waals surface area (Å²) in [6, 6.07) is 31.0. The molecule has 2 aliphatic rings. The number of ketones is 1. The van der Waals surface area contributed by atoms with Gasteiger partial charge in [0.1, 0.15) is 5.41 Å². The Bertz CT molecular complexity index is 1300. The first-order valence-corrected chi connectivity index (χ1v) is 10.2. The van der Waals surface area contributed by atoms with Gasteiger partial charge >= 0.3 is 0 Å². The third-order valence-corrected chi connectivity index (χ3v) is 6.63. The number of hydrogen-bond donors (Lipinski definition) is 0. The maximum Gasteiger partial charge on any atom is 0.182 e. The molecule has 0 radical (unpaired) electrons. The van der Waals surface area contributed by atoms with Crippen LogP contribution in [-0.4, -0.2) is 5.78 Å². The molecule has 4 aromatic carbocycles. The van der Waals surface area contributed by atoms with Crippen LogP contribution in [0.2, 0.25) is 0 Å². The van der Waals surface area contributed by atoms with Gasteiger partial charge in [-0.3, -0.25) is 4.79 Å². The van der Waals surface area contributed by atoms with Gasteiger partial charge in [-0.05, 0) is 51.1 Å². The minimum Gasteiger partial charge on any atom is -0.292 e. The van der Waals surface area contributed by atoms with Crippen molar-refractivity contribution in [1.29, 1.82) is 0 Å². The standard InChI is InChI=1S/C26H15BrO/c27-16-13-14-20-19-9-4-6-12-23(19)26(24(20)15-16)22-11-5-3-8-18(22)17-7-1-2-10-21(17)25(26)28/h1-15H. The molecule has 0 amide bonds. The zero-order valence-corrected chi connectivity index (χ0v) is 16.5. The van der Waals surface area contributed by atoms with Crippen LogP contribution in [0, 0.1) is 0 Å². The van der Waals surface area contributed by atoms with E-state index in [2.05, 4.69) is 76.6 Å². The van der Waals surface area contributed by atoms with Crippen LogP contribution in [-0.2, 0) is 5.41 Å². The van der Waals surface area contributed by atoms with E-state index in [0.29, 0.717) is 0 Å². The minimum atomic E-state index is -0.805. The normalized spacial score (nSPS) is 18.4. The van der Waals surface area contributed by atoms with Crippen molar-refractivity contribution in [2.24, 2.45) is 0 Å². The molecule has 2 heteroatoms. The molecule has 6 rings (SSSR count). The molecule has 28 heavy (non-hydrogen) atoms. The highest BCUT2D eigenvalue weighted by Crippen LogP contribution is 2.58. The van der Waals surface area contributed by atoms with Gasteiger partial charge in [0.15, 0.2) is 5.78 Å². The second kappa shape index (κ2) is 5.52. The van der Waals surface area contributed by atoms with Crippen molar-refractivity contribution in [3.8, 4) is 22.3 Å². The minimum absolute atomic E-state index is 0.158. The molecule has 0 aromatic heterocycles. The molecule has 0 saturated carbocycles. The second-order valence-electron chi connectivity index (χ2n) is 7.41. The highest BCUT2D eigenvalue weighted by Gasteiger charge is 2.53. The second-order valence-corrected chi connectivity index (χ2v) is 8.32. The number of Topliss-reactive ketones (excluding diaryl/α,β-unsaturated/α-hetero) is 1. The summed E-state index contributed by atoms with van der Waals surface area (Å²) >= 11 is 3.64. The summed E-state index contributed by atoms with van der Waals surface area (Å²) in [5, 5.41) is 0. The lowest BCUT2D eigenvalue weighted by Crippen LogP contribution is -2.40. The average Bonchev–Trinajstić information content (AvgIpc) is 3.03. The summed E-state index contributed by atoms with van der Waals surface area (Å²) in [6.45, 7) is 0. The summed E-state index contributed by atoms with van der Waals surface area (Å²) in [4.78, 5) is 14.2. The lowest BCUT2D eigenvalue weighted by molar-refractivity contribution is 0.0935. The third kappa shape index (κ3) is 1.79. The van der Waals surface area contributed by atoms with Crippen LogP contribution in [0.3, 0.4) is 0 Å². The van der Waals surface area contributed by atoms with Gasteiger partial charge in [-0.15, -0.1) is 0 Å². The molecule has 1 spiro atoms. The van der Waals surface area contributed by atoms with Crippen molar-refractivity contribution in [1.82, 2.24) is 0 Å². The quantitative estimate of drug-likeness (QED) is 0.310. The Hall–Kier alpha value is -2.97. The first-order chi connectivity index (χ1) is 13.7. The van der Waals surface area contributed by atoms with Gasteiger partial charge in [-0.2, -0.15) is 0 Å². The van der Waals surface area contributed by atoms with E-state index in [0.717, 1.165) is 49.0 Å². The molecule has 0 heterocycles. The summed E-state index contributed by atoms with van der Waals surface area (Å²) in [5.41, 5.74) is 7.65. The first kappa shape index (κ1) is 16.0. The molecule has 132 valence electrons. The fourth-order valence-corrected chi connectivity index (χ4v) is 5.43. The Morgan fingerprint density at radius 2 is 1.04 bits per heavy atom. The number of rotatable bonds is 0. The highest BCUT2D eigenvalue weighted by molar-refractivity contribution is 9.10. The van der Waals surface area contributed by atoms with Crippen LogP contribution in [0.25, 0.3) is 22.3 Å². The van der Waals surface area contributed by atoms with Crippen molar-refractivity contribution in [3.05, 3.63) is 118 Å². The fraction of sp³-hybridized carbons (Fsp3) is 0.0385. The van der Waals surface area contributed by atoms with Crippen molar-refractivity contribution in [2.45, 2.75) is 5.41 Å². The van der Waals surface area contributed by atoms with Crippen LogP contribution in [0.5, 0.6) is 0 Å². The van der Waals surface area contributed by atoms with Crippen LogP contribution >= 0.6 is 15.9 Å². The van der Waals surface area contributed by atoms with Crippen LogP contribution < -0.4 is 0 Å². The third-order valence-electron chi connectivity index (χ3n) is 6.14. The smallest absolute Gasteiger partial charge is 0.182 e. The molecule has 1 unspecified atom stereocenters. The van der Waals surface area contributed by atoms with Crippen molar-refractivity contribution in [2.75, 3.05) is 0 Å². The number of carbonyl (C=O) groups is 1. The molecule has 4 aromatic rings. The van der Waals surface area contributed by atoms with Gasteiger partial charge in [0.2, 0.25) is 0 Å². The summed E-state index contributed by atoms with van der Waals surface area (Å²) < 4.78 is 0.988. The predicted octanol–water partition coefficient (Wildman–Crippen LogP) is 6.63. The highest BCUT2D eigenvalue weighted by atomic mass is 79.9. The van der Waals surface area contributed by atoms with Gasteiger partial charge in [0, 0.05) is 10.0 Å². The number of fused-ring (bicyclic) bond motifs is 9.